The number of carbonyl (C=O) groups is 3. The maximum Gasteiger partial charge on any atom is 0.338 e. The van der Waals surface area contributed by atoms with E-state index < -0.39 is 17.9 Å². The van der Waals surface area contributed by atoms with E-state index in [2.05, 4.69) is 4.74 Å². The SMILES string of the molecule is O=C1C=C(C(=O)O)CC(=O)O1. The summed E-state index contributed by atoms with van der Waals surface area (Å²) in [7, 11) is 0. The molecule has 5 heteroatoms. The lowest BCUT2D eigenvalue weighted by Crippen LogP contribution is -2.20. The highest BCUT2D eigenvalue weighted by atomic mass is 16.6. The Morgan fingerprint density at radius 1 is 1.55 bits per heavy atom. The highest BCUT2D eigenvalue weighted by Crippen LogP contribution is 2.09. The first-order valence-corrected chi connectivity index (χ1v) is 2.78. The fourth-order valence-electron chi connectivity index (χ4n) is 0.664. The summed E-state index contributed by atoms with van der Waals surface area (Å²) < 4.78 is 4.05. The van der Waals surface area contributed by atoms with Crippen molar-refractivity contribution in [1.82, 2.24) is 0 Å². The van der Waals surface area contributed by atoms with E-state index in [-0.39, 0.29) is 12.0 Å². The summed E-state index contributed by atoms with van der Waals surface area (Å²) in [4.78, 5) is 31.1. The normalized spacial score (nSPS) is 17.3. The molecule has 0 saturated heterocycles. The van der Waals surface area contributed by atoms with Gasteiger partial charge in [-0.15, -0.1) is 0 Å². The molecule has 0 aromatic carbocycles. The fourth-order valence-corrected chi connectivity index (χ4v) is 0.664. The van der Waals surface area contributed by atoms with Gasteiger partial charge in [-0.3, -0.25) is 4.79 Å². The van der Waals surface area contributed by atoms with Crippen LogP contribution < -0.4 is 0 Å². The van der Waals surface area contributed by atoms with Crippen LogP contribution in [0, 0.1) is 0 Å². The van der Waals surface area contributed by atoms with E-state index in [1.165, 1.54) is 0 Å². The van der Waals surface area contributed by atoms with Crippen molar-refractivity contribution >= 4 is 17.9 Å². The van der Waals surface area contributed by atoms with Crippen LogP contribution in [0.2, 0.25) is 0 Å². The number of carboxylic acid groups (broad SMARTS) is 1. The van der Waals surface area contributed by atoms with Gasteiger partial charge in [-0.1, -0.05) is 0 Å². The molecule has 58 valence electrons. The minimum absolute atomic E-state index is 0.230. The molecule has 0 aliphatic carbocycles. The van der Waals surface area contributed by atoms with Crippen molar-refractivity contribution < 1.29 is 24.2 Å². The lowest BCUT2D eigenvalue weighted by Gasteiger charge is -2.06. The van der Waals surface area contributed by atoms with Gasteiger partial charge in [-0.05, 0) is 0 Å². The standard InChI is InChI=1S/C6H4O5/c7-4-1-3(6(9)10)2-5(8)11-4/h1H,2H2,(H,9,10). The topological polar surface area (TPSA) is 80.7 Å². The Balaban J connectivity index is 2.89. The lowest BCUT2D eigenvalue weighted by atomic mass is 10.1. The average molecular weight is 156 g/mol. The predicted molar refractivity (Wildman–Crippen MR) is 31.4 cm³/mol. The van der Waals surface area contributed by atoms with Crippen LogP contribution in [0.25, 0.3) is 0 Å². The van der Waals surface area contributed by atoms with Crippen molar-refractivity contribution in [1.29, 1.82) is 0 Å². The summed E-state index contributed by atoms with van der Waals surface area (Å²) in [6.07, 6.45) is 0.449. The van der Waals surface area contributed by atoms with E-state index in [9.17, 15) is 14.4 Å². The van der Waals surface area contributed by atoms with Crippen LogP contribution in [0.4, 0.5) is 0 Å². The van der Waals surface area contributed by atoms with Gasteiger partial charge < -0.3 is 9.84 Å². The van der Waals surface area contributed by atoms with Gasteiger partial charge in [0, 0.05) is 6.08 Å². The number of carbonyl (C=O) groups excluding carboxylic acids is 2. The molecule has 1 aliphatic heterocycles. The molecule has 0 aromatic heterocycles. The molecule has 0 atom stereocenters. The molecule has 0 saturated carbocycles. The molecular weight excluding hydrogens is 152 g/mol. The van der Waals surface area contributed by atoms with Crippen LogP contribution in [0.15, 0.2) is 11.6 Å². The average Bonchev–Trinajstić information content (AvgIpc) is 1.85. The second-order valence-electron chi connectivity index (χ2n) is 1.94. The third-order valence-corrected chi connectivity index (χ3v) is 1.12. The van der Waals surface area contributed by atoms with Gasteiger partial charge in [0.2, 0.25) is 0 Å². The summed E-state index contributed by atoms with van der Waals surface area (Å²) in [5.41, 5.74) is -0.230. The molecular formula is C6H4O5. The van der Waals surface area contributed by atoms with Crippen molar-refractivity contribution in [2.75, 3.05) is 0 Å². The zero-order valence-corrected chi connectivity index (χ0v) is 5.36. The van der Waals surface area contributed by atoms with Crippen molar-refractivity contribution in [3.8, 4) is 0 Å². The number of esters is 2. The summed E-state index contributed by atoms with van der Waals surface area (Å²) in [6.45, 7) is 0. The number of hydrogen-bond donors (Lipinski definition) is 1. The van der Waals surface area contributed by atoms with Gasteiger partial charge in [0.05, 0.1) is 12.0 Å². The number of carboxylic acids is 1. The molecule has 0 amide bonds. The minimum Gasteiger partial charge on any atom is -0.478 e. The van der Waals surface area contributed by atoms with E-state index in [1.807, 2.05) is 0 Å². The molecule has 0 aromatic rings. The molecule has 0 fully saturated rings. The third-order valence-electron chi connectivity index (χ3n) is 1.12. The van der Waals surface area contributed by atoms with Gasteiger partial charge >= 0.3 is 17.9 Å². The van der Waals surface area contributed by atoms with Gasteiger partial charge in [-0.2, -0.15) is 0 Å². The van der Waals surface area contributed by atoms with Crippen molar-refractivity contribution in [2.45, 2.75) is 6.42 Å². The number of ether oxygens (including phenoxy) is 1. The molecule has 11 heavy (non-hydrogen) atoms. The van der Waals surface area contributed by atoms with Gasteiger partial charge in [0.1, 0.15) is 0 Å². The molecule has 5 nitrogen and oxygen atoms in total. The molecule has 0 spiro atoms. The number of hydrogen-bond acceptors (Lipinski definition) is 4. The second-order valence-corrected chi connectivity index (χ2v) is 1.94. The first-order chi connectivity index (χ1) is 5.09. The first-order valence-electron chi connectivity index (χ1n) is 2.78. The van der Waals surface area contributed by atoms with E-state index in [1.54, 1.807) is 0 Å². The third kappa shape index (κ3) is 1.64. The highest BCUT2D eigenvalue weighted by Gasteiger charge is 2.22. The largest absolute Gasteiger partial charge is 0.478 e. The number of cyclic esters (lactones) is 2. The fraction of sp³-hybridized carbons (Fsp3) is 0.167. The molecule has 0 radical (unpaired) electrons. The Bertz CT molecular complexity index is 262. The Kier molecular flexibility index (Phi) is 1.72. The van der Waals surface area contributed by atoms with Crippen molar-refractivity contribution in [2.24, 2.45) is 0 Å². The predicted octanol–water partition coefficient (Wildman–Crippen LogP) is -0.529. The molecule has 1 aliphatic rings. The summed E-state index contributed by atoms with van der Waals surface area (Å²) in [5, 5.41) is 8.35. The molecule has 1 N–H and O–H groups in total. The highest BCUT2D eigenvalue weighted by molar-refractivity contribution is 6.05. The number of aliphatic carboxylic acids is 1. The van der Waals surface area contributed by atoms with Crippen LogP contribution in [-0.2, 0) is 19.1 Å². The maximum atomic E-state index is 10.4. The van der Waals surface area contributed by atoms with E-state index in [4.69, 9.17) is 5.11 Å². The van der Waals surface area contributed by atoms with Crippen LogP contribution in [0.5, 0.6) is 0 Å². The van der Waals surface area contributed by atoms with E-state index >= 15 is 0 Å². The van der Waals surface area contributed by atoms with Crippen LogP contribution in [0.1, 0.15) is 6.42 Å². The minimum atomic E-state index is -1.27. The molecule has 0 unspecified atom stereocenters. The number of rotatable bonds is 1. The Morgan fingerprint density at radius 2 is 2.18 bits per heavy atom. The molecule has 1 heterocycles. The quantitative estimate of drug-likeness (QED) is 0.407. The lowest BCUT2D eigenvalue weighted by molar-refractivity contribution is -0.158. The van der Waals surface area contributed by atoms with Crippen LogP contribution >= 0.6 is 0 Å². The second kappa shape index (κ2) is 2.53. The monoisotopic (exact) mass is 156 g/mol. The van der Waals surface area contributed by atoms with Gasteiger partial charge in [-0.25, -0.2) is 9.59 Å². The van der Waals surface area contributed by atoms with Gasteiger partial charge in [0.15, 0.2) is 0 Å². The van der Waals surface area contributed by atoms with Crippen LogP contribution in [-0.4, -0.2) is 23.0 Å². The molecule has 1 rings (SSSR count). The maximum absolute atomic E-state index is 10.4. The van der Waals surface area contributed by atoms with Crippen LogP contribution in [0.3, 0.4) is 0 Å². The van der Waals surface area contributed by atoms with Crippen molar-refractivity contribution in [3.05, 3.63) is 11.6 Å². The Hall–Kier alpha value is -1.65. The first kappa shape index (κ1) is 7.46. The van der Waals surface area contributed by atoms with Crippen molar-refractivity contribution in [3.63, 3.8) is 0 Å². The molecule has 0 bridgehead atoms. The Labute approximate surface area is 61.3 Å². The Morgan fingerprint density at radius 3 is 2.64 bits per heavy atom. The van der Waals surface area contributed by atoms with E-state index in [0.29, 0.717) is 0 Å². The zero-order chi connectivity index (χ0) is 8.43. The summed E-state index contributed by atoms with van der Waals surface area (Å²) in [5.74, 6) is -3.01. The van der Waals surface area contributed by atoms with E-state index in [0.717, 1.165) is 6.08 Å². The summed E-state index contributed by atoms with van der Waals surface area (Å²) >= 11 is 0. The summed E-state index contributed by atoms with van der Waals surface area (Å²) in [6, 6.07) is 0. The zero-order valence-electron chi connectivity index (χ0n) is 5.36. The van der Waals surface area contributed by atoms with Gasteiger partial charge in [0.25, 0.3) is 0 Å². The smallest absolute Gasteiger partial charge is 0.338 e.